The Labute approximate surface area is 143 Å². The summed E-state index contributed by atoms with van der Waals surface area (Å²) in [4.78, 5) is -2.06. The molecule has 3 rings (SSSR count). The van der Waals surface area contributed by atoms with Crippen LogP contribution in [0.2, 0.25) is 0 Å². The maximum Gasteiger partial charge on any atom is 0.267 e. The van der Waals surface area contributed by atoms with Crippen molar-refractivity contribution in [3.63, 3.8) is 0 Å². The lowest BCUT2D eigenvalue weighted by atomic mass is 10.3. The van der Waals surface area contributed by atoms with Gasteiger partial charge in [-0.2, -0.15) is 0 Å². The fraction of sp³-hybridized carbons (Fsp3) is 0.200. The third kappa shape index (κ3) is 3.30. The molecule has 1 aliphatic carbocycles. The zero-order valence-electron chi connectivity index (χ0n) is 12.6. The zero-order valence-corrected chi connectivity index (χ0v) is 13.4. The molecule has 0 aliphatic heterocycles. The van der Waals surface area contributed by atoms with Gasteiger partial charge in [0.1, 0.15) is 0 Å². The van der Waals surface area contributed by atoms with Crippen LogP contribution in [0.4, 0.5) is 32.0 Å². The van der Waals surface area contributed by atoms with E-state index in [1.165, 1.54) is 0 Å². The Balaban J connectivity index is 1.96. The molecule has 1 N–H and O–H groups in total. The van der Waals surface area contributed by atoms with Gasteiger partial charge in [-0.05, 0) is 25.0 Å². The van der Waals surface area contributed by atoms with E-state index in [1.807, 2.05) is 0 Å². The first-order valence-corrected chi connectivity index (χ1v) is 8.60. The van der Waals surface area contributed by atoms with Gasteiger partial charge in [-0.3, -0.25) is 4.72 Å². The van der Waals surface area contributed by atoms with Crippen LogP contribution in [0, 0.1) is 34.9 Å². The Bertz CT molecular complexity index is 962. The minimum absolute atomic E-state index is 0.139. The van der Waals surface area contributed by atoms with Crippen LogP contribution in [0.25, 0.3) is 0 Å². The minimum Gasteiger partial charge on any atom is -0.487 e. The van der Waals surface area contributed by atoms with Crippen LogP contribution in [0.15, 0.2) is 23.1 Å². The fourth-order valence-electron chi connectivity index (χ4n) is 2.05. The normalized spacial score (nSPS) is 14.4. The van der Waals surface area contributed by atoms with Crippen LogP contribution < -0.4 is 9.46 Å². The summed E-state index contributed by atoms with van der Waals surface area (Å²) in [5, 5.41) is 0. The van der Waals surface area contributed by atoms with E-state index >= 15 is 0 Å². The first-order chi connectivity index (χ1) is 12.1. The summed E-state index contributed by atoms with van der Waals surface area (Å²) in [6.45, 7) is 0. The summed E-state index contributed by atoms with van der Waals surface area (Å²) >= 11 is 0. The van der Waals surface area contributed by atoms with Crippen LogP contribution in [0.3, 0.4) is 0 Å². The van der Waals surface area contributed by atoms with Gasteiger partial charge in [0.25, 0.3) is 10.0 Å². The van der Waals surface area contributed by atoms with Crippen molar-refractivity contribution >= 4 is 15.7 Å². The fourth-order valence-corrected chi connectivity index (χ4v) is 3.24. The highest BCUT2D eigenvalue weighted by Crippen LogP contribution is 2.31. The first-order valence-electron chi connectivity index (χ1n) is 7.12. The first kappa shape index (κ1) is 18.4. The predicted molar refractivity (Wildman–Crippen MR) is 77.1 cm³/mol. The Morgan fingerprint density at radius 1 is 0.885 bits per heavy atom. The number of ether oxygens (including phenoxy) is 1. The van der Waals surface area contributed by atoms with E-state index in [2.05, 4.69) is 0 Å². The van der Waals surface area contributed by atoms with Gasteiger partial charge in [-0.25, -0.2) is 34.8 Å². The highest BCUT2D eigenvalue weighted by molar-refractivity contribution is 7.92. The van der Waals surface area contributed by atoms with Gasteiger partial charge >= 0.3 is 0 Å². The van der Waals surface area contributed by atoms with Crippen molar-refractivity contribution in [2.24, 2.45) is 0 Å². The summed E-state index contributed by atoms with van der Waals surface area (Å²) in [7, 11) is -5.23. The van der Waals surface area contributed by atoms with Crippen molar-refractivity contribution in [1.82, 2.24) is 0 Å². The second-order valence-corrected chi connectivity index (χ2v) is 7.09. The highest BCUT2D eigenvalue weighted by atomic mass is 32.2. The number of hydrogen-bond acceptors (Lipinski definition) is 3. The second-order valence-electron chi connectivity index (χ2n) is 5.47. The molecule has 140 valence electrons. The van der Waals surface area contributed by atoms with Gasteiger partial charge in [0, 0.05) is 6.07 Å². The van der Waals surface area contributed by atoms with E-state index in [-0.39, 0.29) is 11.9 Å². The molecular formula is C15H9F6NO3S. The van der Waals surface area contributed by atoms with Crippen LogP contribution in [-0.4, -0.2) is 14.5 Å². The predicted octanol–water partition coefficient (Wildman–Crippen LogP) is 3.86. The number of benzene rings is 2. The largest absolute Gasteiger partial charge is 0.487 e. The molecule has 0 unspecified atom stereocenters. The number of anilines is 1. The van der Waals surface area contributed by atoms with Gasteiger partial charge in [-0.15, -0.1) is 0 Å². The SMILES string of the molecule is O=S(=O)(Nc1ccc(OC2CC2)c(F)c1)c1c(F)c(F)c(F)c(F)c1F. The van der Waals surface area contributed by atoms with E-state index in [9.17, 15) is 34.8 Å². The number of nitrogens with one attached hydrogen (secondary N) is 1. The number of hydrogen-bond donors (Lipinski definition) is 1. The summed E-state index contributed by atoms with van der Waals surface area (Å²) in [5.74, 6) is -13.5. The molecule has 11 heteroatoms. The molecule has 26 heavy (non-hydrogen) atoms. The van der Waals surface area contributed by atoms with E-state index in [1.54, 1.807) is 4.72 Å². The smallest absolute Gasteiger partial charge is 0.267 e. The standard InChI is InChI=1S/C15H9F6NO3S/c16-8-5-6(1-4-9(8)25-7-2-3-7)22-26(23,24)15-13(20)11(18)10(17)12(19)14(15)21/h1,4-5,7,22H,2-3H2. The summed E-state index contributed by atoms with van der Waals surface area (Å²) in [5.41, 5.74) is -0.491. The number of rotatable bonds is 5. The van der Waals surface area contributed by atoms with Crippen molar-refractivity contribution in [3.05, 3.63) is 53.1 Å². The molecule has 0 spiro atoms. The van der Waals surface area contributed by atoms with E-state index < -0.39 is 55.5 Å². The summed E-state index contributed by atoms with van der Waals surface area (Å²) in [6.07, 6.45) is 1.35. The molecule has 1 aliphatic rings. The Hall–Kier alpha value is -2.43. The summed E-state index contributed by atoms with van der Waals surface area (Å²) in [6, 6.07) is 2.75. The molecule has 2 aromatic rings. The van der Waals surface area contributed by atoms with Crippen molar-refractivity contribution in [2.45, 2.75) is 23.8 Å². The molecule has 1 fully saturated rings. The van der Waals surface area contributed by atoms with Crippen molar-refractivity contribution in [1.29, 1.82) is 0 Å². The third-order valence-electron chi connectivity index (χ3n) is 3.44. The van der Waals surface area contributed by atoms with Crippen LogP contribution in [-0.2, 0) is 10.0 Å². The van der Waals surface area contributed by atoms with E-state index in [0.29, 0.717) is 6.07 Å². The molecule has 0 heterocycles. The Morgan fingerprint density at radius 2 is 1.42 bits per heavy atom. The zero-order chi connectivity index (χ0) is 19.2. The Kier molecular flexibility index (Phi) is 4.51. The lowest BCUT2D eigenvalue weighted by molar-refractivity contribution is 0.287. The van der Waals surface area contributed by atoms with Gasteiger partial charge < -0.3 is 4.74 Å². The molecule has 2 aromatic carbocycles. The average Bonchev–Trinajstić information content (AvgIpc) is 3.37. The maximum atomic E-state index is 13.9. The van der Waals surface area contributed by atoms with Crippen molar-refractivity contribution in [2.75, 3.05) is 4.72 Å². The lowest BCUT2D eigenvalue weighted by Crippen LogP contribution is -2.19. The van der Waals surface area contributed by atoms with Crippen molar-refractivity contribution in [3.8, 4) is 5.75 Å². The third-order valence-corrected chi connectivity index (χ3v) is 4.84. The molecular weight excluding hydrogens is 388 g/mol. The molecule has 1 saturated carbocycles. The van der Waals surface area contributed by atoms with Crippen molar-refractivity contribution < 1.29 is 39.5 Å². The quantitative estimate of drug-likeness (QED) is 0.474. The van der Waals surface area contributed by atoms with Gasteiger partial charge in [-0.1, -0.05) is 0 Å². The van der Waals surface area contributed by atoms with Crippen LogP contribution >= 0.6 is 0 Å². The number of sulfonamides is 1. The minimum atomic E-state index is -5.23. The molecule has 0 radical (unpaired) electrons. The number of halogens is 6. The summed E-state index contributed by atoms with van der Waals surface area (Å²) < 4.78 is 111. The van der Waals surface area contributed by atoms with Gasteiger partial charge in [0.2, 0.25) is 5.82 Å². The molecule has 0 bridgehead atoms. The lowest BCUT2D eigenvalue weighted by Gasteiger charge is -2.12. The molecule has 0 saturated heterocycles. The maximum absolute atomic E-state index is 13.9. The second kappa shape index (κ2) is 6.38. The van der Waals surface area contributed by atoms with Crippen LogP contribution in [0.1, 0.15) is 12.8 Å². The average molecular weight is 397 g/mol. The molecule has 0 aromatic heterocycles. The van der Waals surface area contributed by atoms with Gasteiger partial charge in [0.15, 0.2) is 39.7 Å². The van der Waals surface area contributed by atoms with Gasteiger partial charge in [0.05, 0.1) is 11.8 Å². The molecule has 0 amide bonds. The molecule has 4 nitrogen and oxygen atoms in total. The monoisotopic (exact) mass is 397 g/mol. The van der Waals surface area contributed by atoms with Crippen LogP contribution in [0.5, 0.6) is 5.75 Å². The topological polar surface area (TPSA) is 55.4 Å². The van der Waals surface area contributed by atoms with E-state index in [0.717, 1.165) is 25.0 Å². The Morgan fingerprint density at radius 3 is 1.92 bits per heavy atom. The highest BCUT2D eigenvalue weighted by Gasteiger charge is 2.34. The van der Waals surface area contributed by atoms with E-state index in [4.69, 9.17) is 4.74 Å². The molecule has 0 atom stereocenters.